The predicted octanol–water partition coefficient (Wildman–Crippen LogP) is 3.46. The first-order chi connectivity index (χ1) is 9.83. The Morgan fingerprint density at radius 3 is 2.29 bits per heavy atom. The third kappa shape index (κ3) is 5.29. The second-order valence-corrected chi connectivity index (χ2v) is 4.59. The van der Waals surface area contributed by atoms with E-state index in [4.69, 9.17) is 9.47 Å². The van der Waals surface area contributed by atoms with E-state index in [0.29, 0.717) is 0 Å². The Hall–Kier alpha value is -1.71. The van der Waals surface area contributed by atoms with Crippen molar-refractivity contribution in [3.63, 3.8) is 0 Å². The normalized spacial score (nSPS) is 9.81. The maximum Gasteiger partial charge on any atom is 0.122 e. The summed E-state index contributed by atoms with van der Waals surface area (Å²) >= 11 is 0. The van der Waals surface area contributed by atoms with Crippen molar-refractivity contribution in [2.45, 2.75) is 13.0 Å². The molecule has 3 nitrogen and oxygen atoms in total. The van der Waals surface area contributed by atoms with Gasteiger partial charge in [0, 0.05) is 6.54 Å². The van der Waals surface area contributed by atoms with Crippen LogP contribution in [0.4, 0.5) is 0 Å². The van der Waals surface area contributed by atoms with Crippen LogP contribution in [0.3, 0.4) is 0 Å². The first kappa shape index (κ1) is 17.3. The lowest BCUT2D eigenvalue weighted by atomic mass is 10.1. The molecule has 0 radical (unpaired) electrons. The average Bonchev–Trinajstić information content (AvgIpc) is 2.52. The number of rotatable bonds is 7. The van der Waals surface area contributed by atoms with Gasteiger partial charge in [-0.3, -0.25) is 0 Å². The SMILES string of the molecule is COc1ccc(CNCCc2ccccc2OC)cc1.Cl. The summed E-state index contributed by atoms with van der Waals surface area (Å²) in [4.78, 5) is 0. The zero-order valence-corrected chi connectivity index (χ0v) is 13.3. The van der Waals surface area contributed by atoms with Crippen molar-refractivity contribution in [1.29, 1.82) is 0 Å². The molecule has 0 unspecified atom stereocenters. The van der Waals surface area contributed by atoms with Gasteiger partial charge in [0.2, 0.25) is 0 Å². The minimum atomic E-state index is 0. The van der Waals surface area contributed by atoms with Crippen molar-refractivity contribution in [1.82, 2.24) is 5.32 Å². The predicted molar refractivity (Wildman–Crippen MR) is 88.6 cm³/mol. The van der Waals surface area contributed by atoms with Gasteiger partial charge in [-0.15, -0.1) is 12.4 Å². The summed E-state index contributed by atoms with van der Waals surface area (Å²) in [5.74, 6) is 1.85. The first-order valence-corrected chi connectivity index (χ1v) is 6.79. The van der Waals surface area contributed by atoms with E-state index < -0.39 is 0 Å². The molecular formula is C17H22ClNO2. The number of ether oxygens (including phenoxy) is 2. The van der Waals surface area contributed by atoms with Crippen LogP contribution in [0.5, 0.6) is 11.5 Å². The van der Waals surface area contributed by atoms with Gasteiger partial charge in [-0.2, -0.15) is 0 Å². The number of hydrogen-bond donors (Lipinski definition) is 1. The highest BCUT2D eigenvalue weighted by molar-refractivity contribution is 5.85. The maximum atomic E-state index is 5.34. The molecule has 0 aliphatic heterocycles. The van der Waals surface area contributed by atoms with Gasteiger partial charge in [-0.05, 0) is 42.3 Å². The van der Waals surface area contributed by atoms with Crippen LogP contribution in [0.15, 0.2) is 48.5 Å². The van der Waals surface area contributed by atoms with Gasteiger partial charge in [0.1, 0.15) is 11.5 Å². The third-order valence-electron chi connectivity index (χ3n) is 3.25. The number of benzene rings is 2. The van der Waals surface area contributed by atoms with Crippen molar-refractivity contribution in [2.24, 2.45) is 0 Å². The molecule has 4 heteroatoms. The van der Waals surface area contributed by atoms with Gasteiger partial charge < -0.3 is 14.8 Å². The zero-order valence-electron chi connectivity index (χ0n) is 12.5. The van der Waals surface area contributed by atoms with Crippen LogP contribution in [0.2, 0.25) is 0 Å². The number of halogens is 1. The average molecular weight is 308 g/mol. The monoisotopic (exact) mass is 307 g/mol. The third-order valence-corrected chi connectivity index (χ3v) is 3.25. The van der Waals surface area contributed by atoms with Crippen LogP contribution in [0.1, 0.15) is 11.1 Å². The minimum Gasteiger partial charge on any atom is -0.497 e. The summed E-state index contributed by atoms with van der Waals surface area (Å²) in [5.41, 5.74) is 2.49. The zero-order chi connectivity index (χ0) is 14.2. The second kappa shape index (κ2) is 9.27. The number of methoxy groups -OCH3 is 2. The van der Waals surface area contributed by atoms with Crippen molar-refractivity contribution >= 4 is 12.4 Å². The molecule has 0 fully saturated rings. The fourth-order valence-corrected chi connectivity index (χ4v) is 2.11. The topological polar surface area (TPSA) is 30.5 Å². The molecule has 0 spiro atoms. The van der Waals surface area contributed by atoms with Gasteiger partial charge in [-0.1, -0.05) is 30.3 Å². The van der Waals surface area contributed by atoms with Gasteiger partial charge >= 0.3 is 0 Å². The summed E-state index contributed by atoms with van der Waals surface area (Å²) in [7, 11) is 3.39. The molecule has 0 heterocycles. The van der Waals surface area contributed by atoms with Crippen molar-refractivity contribution < 1.29 is 9.47 Å². The first-order valence-electron chi connectivity index (χ1n) is 6.79. The Balaban J connectivity index is 0.00000220. The van der Waals surface area contributed by atoms with Crippen LogP contribution in [-0.2, 0) is 13.0 Å². The van der Waals surface area contributed by atoms with Crippen LogP contribution < -0.4 is 14.8 Å². The van der Waals surface area contributed by atoms with Gasteiger partial charge in [-0.25, -0.2) is 0 Å². The minimum absolute atomic E-state index is 0. The molecule has 114 valence electrons. The van der Waals surface area contributed by atoms with E-state index in [1.54, 1.807) is 14.2 Å². The van der Waals surface area contributed by atoms with E-state index in [0.717, 1.165) is 31.0 Å². The highest BCUT2D eigenvalue weighted by Gasteiger charge is 2.01. The molecule has 0 bridgehead atoms. The lowest BCUT2D eigenvalue weighted by Crippen LogP contribution is -2.16. The quantitative estimate of drug-likeness (QED) is 0.795. The van der Waals surface area contributed by atoms with E-state index >= 15 is 0 Å². The molecule has 0 aliphatic rings. The summed E-state index contributed by atoms with van der Waals surface area (Å²) in [6.45, 7) is 1.78. The van der Waals surface area contributed by atoms with E-state index in [1.165, 1.54) is 11.1 Å². The largest absolute Gasteiger partial charge is 0.497 e. The van der Waals surface area contributed by atoms with E-state index in [2.05, 4.69) is 23.5 Å². The molecule has 2 aromatic carbocycles. The van der Waals surface area contributed by atoms with Gasteiger partial charge in [0.15, 0.2) is 0 Å². The van der Waals surface area contributed by atoms with Crippen LogP contribution in [0.25, 0.3) is 0 Å². The molecule has 2 rings (SSSR count). The van der Waals surface area contributed by atoms with E-state index in [-0.39, 0.29) is 12.4 Å². The summed E-state index contributed by atoms with van der Waals surface area (Å²) in [6, 6.07) is 16.3. The summed E-state index contributed by atoms with van der Waals surface area (Å²) in [6.07, 6.45) is 0.959. The highest BCUT2D eigenvalue weighted by atomic mass is 35.5. The number of para-hydroxylation sites is 1. The fourth-order valence-electron chi connectivity index (χ4n) is 2.11. The molecule has 0 aliphatic carbocycles. The number of hydrogen-bond acceptors (Lipinski definition) is 3. The van der Waals surface area contributed by atoms with Crippen LogP contribution in [0, 0.1) is 0 Å². The number of nitrogens with one attached hydrogen (secondary N) is 1. The second-order valence-electron chi connectivity index (χ2n) is 4.59. The van der Waals surface area contributed by atoms with Gasteiger partial charge in [0.05, 0.1) is 14.2 Å². The van der Waals surface area contributed by atoms with Crippen molar-refractivity contribution in [3.8, 4) is 11.5 Å². The van der Waals surface area contributed by atoms with E-state index in [1.807, 2.05) is 30.3 Å². The Labute approximate surface area is 132 Å². The Bertz CT molecular complexity index is 529. The molecule has 0 amide bonds. The lowest BCUT2D eigenvalue weighted by Gasteiger charge is -2.09. The molecular weight excluding hydrogens is 286 g/mol. The summed E-state index contributed by atoms with van der Waals surface area (Å²) in [5, 5.41) is 3.44. The molecule has 21 heavy (non-hydrogen) atoms. The Morgan fingerprint density at radius 2 is 1.62 bits per heavy atom. The smallest absolute Gasteiger partial charge is 0.122 e. The van der Waals surface area contributed by atoms with Gasteiger partial charge in [0.25, 0.3) is 0 Å². The molecule has 2 aromatic rings. The molecule has 0 atom stereocenters. The lowest BCUT2D eigenvalue weighted by molar-refractivity contribution is 0.409. The Kier molecular flexibility index (Phi) is 7.65. The van der Waals surface area contributed by atoms with E-state index in [9.17, 15) is 0 Å². The molecule has 0 saturated heterocycles. The standard InChI is InChI=1S/C17H21NO2.ClH/c1-19-16-9-7-14(8-10-16)13-18-12-11-15-5-3-4-6-17(15)20-2;/h3-10,18H,11-13H2,1-2H3;1H. The molecule has 0 aromatic heterocycles. The van der Waals surface area contributed by atoms with Crippen LogP contribution >= 0.6 is 12.4 Å². The fraction of sp³-hybridized carbons (Fsp3) is 0.294. The van der Waals surface area contributed by atoms with Crippen LogP contribution in [-0.4, -0.2) is 20.8 Å². The van der Waals surface area contributed by atoms with Crippen molar-refractivity contribution in [2.75, 3.05) is 20.8 Å². The maximum absolute atomic E-state index is 5.34. The molecule has 1 N–H and O–H groups in total. The molecule has 0 saturated carbocycles. The highest BCUT2D eigenvalue weighted by Crippen LogP contribution is 2.17. The van der Waals surface area contributed by atoms with Crippen molar-refractivity contribution in [3.05, 3.63) is 59.7 Å². The summed E-state index contributed by atoms with van der Waals surface area (Å²) < 4.78 is 10.5. The Morgan fingerprint density at radius 1 is 0.905 bits per heavy atom.